The molecule has 1 unspecified atom stereocenters. The van der Waals surface area contributed by atoms with Crippen LogP contribution < -0.4 is 11.1 Å². The number of aromatic nitrogens is 2. The van der Waals surface area contributed by atoms with Gasteiger partial charge in [0.1, 0.15) is 11.7 Å². The second kappa shape index (κ2) is 8.08. The van der Waals surface area contributed by atoms with Gasteiger partial charge in [0, 0.05) is 21.9 Å². The molecule has 0 saturated carbocycles. The normalized spacial score (nSPS) is 12.0. The Morgan fingerprint density at radius 1 is 1.10 bits per heavy atom. The number of rotatable bonds is 6. The fraction of sp³-hybridized carbons (Fsp3) is 0.0909. The Morgan fingerprint density at radius 2 is 1.81 bits per heavy atom. The van der Waals surface area contributed by atoms with Crippen LogP contribution in [-0.4, -0.2) is 38.9 Å². The molecule has 4 rings (SSSR count). The number of nitrogens with zero attached hydrogens (tertiary/aromatic N) is 1. The Balaban J connectivity index is 1.89. The van der Waals surface area contributed by atoms with E-state index in [4.69, 9.17) is 17.3 Å². The number of halogens is 1. The van der Waals surface area contributed by atoms with E-state index in [1.807, 2.05) is 24.3 Å². The fourth-order valence-corrected chi connectivity index (χ4v) is 3.67. The number of carboxylic acid groups (broad SMARTS) is 1. The molecule has 2 heterocycles. The van der Waals surface area contributed by atoms with E-state index in [-0.39, 0.29) is 5.69 Å². The number of carbonyl (C=O) groups is 3. The van der Waals surface area contributed by atoms with Crippen molar-refractivity contribution in [2.24, 2.45) is 5.73 Å². The van der Waals surface area contributed by atoms with Crippen LogP contribution in [0, 0.1) is 0 Å². The van der Waals surface area contributed by atoms with E-state index in [2.05, 4.69) is 15.3 Å². The van der Waals surface area contributed by atoms with Gasteiger partial charge in [0.25, 0.3) is 5.91 Å². The molecule has 2 aromatic carbocycles. The molecule has 2 amide bonds. The predicted octanol–water partition coefficient (Wildman–Crippen LogP) is 3.09. The first-order valence-corrected chi connectivity index (χ1v) is 9.71. The van der Waals surface area contributed by atoms with Crippen LogP contribution in [0.15, 0.2) is 54.6 Å². The zero-order valence-electron chi connectivity index (χ0n) is 16.1. The molecule has 0 saturated heterocycles. The number of nitrogens with two attached hydrogens (primary N) is 1. The van der Waals surface area contributed by atoms with Crippen molar-refractivity contribution in [1.29, 1.82) is 0 Å². The number of primary amides is 1. The standard InChI is InChI=1S/C22H17ClN4O4/c23-14-7-3-1-6-12(14)19-20-13(11-5-2-4-8-15(11)25-20)9-16(26-19)21(29)27-17(22(30)31)10-18(24)28/h1-9,17,25H,10H2,(H2,24,28)(H,27,29)(H,30,31). The van der Waals surface area contributed by atoms with Crippen LogP contribution in [0.2, 0.25) is 5.02 Å². The highest BCUT2D eigenvalue weighted by Crippen LogP contribution is 2.35. The van der Waals surface area contributed by atoms with Gasteiger partial charge in [-0.2, -0.15) is 0 Å². The highest BCUT2D eigenvalue weighted by atomic mass is 35.5. The number of hydrogen-bond acceptors (Lipinski definition) is 4. The molecule has 31 heavy (non-hydrogen) atoms. The van der Waals surface area contributed by atoms with E-state index in [1.54, 1.807) is 30.3 Å². The van der Waals surface area contributed by atoms with Crippen LogP contribution in [0.25, 0.3) is 33.1 Å². The number of H-pyrrole nitrogens is 1. The summed E-state index contributed by atoms with van der Waals surface area (Å²) in [6.07, 6.45) is -0.534. The lowest BCUT2D eigenvalue weighted by Crippen LogP contribution is -2.43. The molecule has 2 aromatic heterocycles. The van der Waals surface area contributed by atoms with Gasteiger partial charge in [-0.3, -0.25) is 9.59 Å². The van der Waals surface area contributed by atoms with Crippen molar-refractivity contribution in [3.8, 4) is 11.3 Å². The highest BCUT2D eigenvalue weighted by molar-refractivity contribution is 6.33. The van der Waals surface area contributed by atoms with E-state index in [1.165, 1.54) is 0 Å². The van der Waals surface area contributed by atoms with Crippen molar-refractivity contribution in [2.75, 3.05) is 0 Å². The second-order valence-corrected chi connectivity index (χ2v) is 7.37. The first-order chi connectivity index (χ1) is 14.8. The number of para-hydroxylation sites is 1. The van der Waals surface area contributed by atoms with Gasteiger partial charge < -0.3 is 21.1 Å². The van der Waals surface area contributed by atoms with Crippen LogP contribution in [0.3, 0.4) is 0 Å². The summed E-state index contributed by atoms with van der Waals surface area (Å²) in [7, 11) is 0. The van der Waals surface area contributed by atoms with Crippen molar-refractivity contribution in [2.45, 2.75) is 12.5 Å². The molecule has 0 aliphatic heterocycles. The molecule has 0 bridgehead atoms. The van der Waals surface area contributed by atoms with E-state index >= 15 is 0 Å². The lowest BCUT2D eigenvalue weighted by Gasteiger charge is -2.13. The minimum Gasteiger partial charge on any atom is -0.480 e. The van der Waals surface area contributed by atoms with Crippen LogP contribution in [0.5, 0.6) is 0 Å². The number of pyridine rings is 1. The number of amides is 2. The molecule has 5 N–H and O–H groups in total. The van der Waals surface area contributed by atoms with Crippen molar-refractivity contribution in [3.63, 3.8) is 0 Å². The van der Waals surface area contributed by atoms with Crippen LogP contribution in [-0.2, 0) is 9.59 Å². The lowest BCUT2D eigenvalue weighted by molar-refractivity contribution is -0.140. The number of aliphatic carboxylic acids is 1. The molecular weight excluding hydrogens is 420 g/mol. The molecule has 1 atom stereocenters. The lowest BCUT2D eigenvalue weighted by atomic mass is 10.1. The first kappa shape index (κ1) is 20.4. The Labute approximate surface area is 181 Å². The number of fused-ring (bicyclic) bond motifs is 3. The topological polar surface area (TPSA) is 138 Å². The van der Waals surface area contributed by atoms with Crippen molar-refractivity contribution in [1.82, 2.24) is 15.3 Å². The molecule has 9 heteroatoms. The third-order valence-corrected chi connectivity index (χ3v) is 5.20. The highest BCUT2D eigenvalue weighted by Gasteiger charge is 2.25. The van der Waals surface area contributed by atoms with E-state index in [0.29, 0.717) is 21.8 Å². The largest absolute Gasteiger partial charge is 0.480 e. The summed E-state index contributed by atoms with van der Waals surface area (Å²) in [6, 6.07) is 14.8. The summed E-state index contributed by atoms with van der Waals surface area (Å²) in [5, 5.41) is 13.7. The number of benzene rings is 2. The number of carbonyl (C=O) groups excluding carboxylic acids is 2. The summed E-state index contributed by atoms with van der Waals surface area (Å²) in [5.41, 5.74) is 7.69. The van der Waals surface area contributed by atoms with Crippen LogP contribution >= 0.6 is 11.6 Å². The first-order valence-electron chi connectivity index (χ1n) is 9.33. The Kier molecular flexibility index (Phi) is 5.31. The number of hydrogen-bond donors (Lipinski definition) is 4. The SMILES string of the molecule is NC(=O)CC(NC(=O)c1cc2c([nH]c3ccccc32)c(-c2ccccc2Cl)n1)C(=O)O. The Bertz CT molecular complexity index is 1350. The van der Waals surface area contributed by atoms with Gasteiger partial charge in [-0.1, -0.05) is 48.0 Å². The van der Waals surface area contributed by atoms with Crippen LogP contribution in [0.4, 0.5) is 0 Å². The van der Waals surface area contributed by atoms with Gasteiger partial charge in [0.2, 0.25) is 5.91 Å². The van der Waals surface area contributed by atoms with Gasteiger partial charge in [-0.25, -0.2) is 9.78 Å². The van der Waals surface area contributed by atoms with Gasteiger partial charge in [0.15, 0.2) is 0 Å². The maximum Gasteiger partial charge on any atom is 0.326 e. The molecule has 0 aliphatic carbocycles. The summed E-state index contributed by atoms with van der Waals surface area (Å²) < 4.78 is 0. The Hall–Kier alpha value is -3.91. The minimum absolute atomic E-state index is 0.0112. The molecule has 8 nitrogen and oxygen atoms in total. The molecule has 0 spiro atoms. The molecule has 0 aliphatic rings. The minimum atomic E-state index is -1.46. The monoisotopic (exact) mass is 436 g/mol. The molecule has 4 aromatic rings. The van der Waals surface area contributed by atoms with E-state index in [0.717, 1.165) is 16.3 Å². The smallest absolute Gasteiger partial charge is 0.326 e. The zero-order chi connectivity index (χ0) is 22.1. The third-order valence-electron chi connectivity index (χ3n) is 4.87. The molecule has 156 valence electrons. The Morgan fingerprint density at radius 3 is 2.52 bits per heavy atom. The quantitative estimate of drug-likeness (QED) is 0.368. The summed E-state index contributed by atoms with van der Waals surface area (Å²) in [4.78, 5) is 43.3. The van der Waals surface area contributed by atoms with Crippen molar-refractivity contribution in [3.05, 3.63) is 65.3 Å². The average molecular weight is 437 g/mol. The molecule has 0 radical (unpaired) electrons. The average Bonchev–Trinajstić information content (AvgIpc) is 3.11. The van der Waals surface area contributed by atoms with E-state index < -0.39 is 30.2 Å². The predicted molar refractivity (Wildman–Crippen MR) is 117 cm³/mol. The van der Waals surface area contributed by atoms with Gasteiger partial charge >= 0.3 is 5.97 Å². The summed E-state index contributed by atoms with van der Waals surface area (Å²) in [6.45, 7) is 0. The van der Waals surface area contributed by atoms with Crippen LogP contribution in [0.1, 0.15) is 16.9 Å². The molecular formula is C22H17ClN4O4. The third kappa shape index (κ3) is 3.93. The van der Waals surface area contributed by atoms with Crippen molar-refractivity contribution < 1.29 is 19.5 Å². The maximum absolute atomic E-state index is 12.9. The van der Waals surface area contributed by atoms with Gasteiger partial charge in [0.05, 0.1) is 22.7 Å². The maximum atomic E-state index is 12.9. The number of carboxylic acids is 1. The second-order valence-electron chi connectivity index (χ2n) is 6.96. The fourth-order valence-electron chi connectivity index (χ4n) is 3.44. The van der Waals surface area contributed by atoms with Crippen molar-refractivity contribution >= 4 is 51.2 Å². The van der Waals surface area contributed by atoms with Gasteiger partial charge in [-0.05, 0) is 18.2 Å². The molecule has 0 fully saturated rings. The zero-order valence-corrected chi connectivity index (χ0v) is 16.8. The summed E-state index contributed by atoms with van der Waals surface area (Å²) >= 11 is 6.39. The van der Waals surface area contributed by atoms with E-state index in [9.17, 15) is 19.5 Å². The number of aromatic amines is 1. The van der Waals surface area contributed by atoms with Gasteiger partial charge in [-0.15, -0.1) is 0 Å². The summed E-state index contributed by atoms with van der Waals surface area (Å²) in [5.74, 6) is -2.95. The number of nitrogens with one attached hydrogen (secondary N) is 2.